The van der Waals surface area contributed by atoms with Gasteiger partial charge in [0, 0.05) is 45.1 Å². The lowest BCUT2D eigenvalue weighted by Crippen LogP contribution is -2.20. The van der Waals surface area contributed by atoms with Gasteiger partial charge in [-0.15, -0.1) is 11.3 Å². The van der Waals surface area contributed by atoms with Gasteiger partial charge in [-0.3, -0.25) is 4.79 Å². The van der Waals surface area contributed by atoms with Gasteiger partial charge in [-0.25, -0.2) is 0 Å². The molecule has 0 spiro atoms. The van der Waals surface area contributed by atoms with Crippen molar-refractivity contribution in [3.8, 4) is 0 Å². The standard InChI is InChI=1S/C22H30Br2O5S/c1-29-14(9-11-20-22(24)17(23)13-30-20)8-10-16-15(18(25)12-19(16)26)6-4-2-3-5-7-21(27)28/h2,4,8,10,13-16,18-19,25-26H,3,5-7,9,11-12H2,1H3,(H,27,28)/b4-2-,10-8+/t14-,15-,16-,18+,19-/m1/s1. The van der Waals surface area contributed by atoms with E-state index in [0.29, 0.717) is 25.7 Å². The quantitative estimate of drug-likeness (QED) is 0.235. The van der Waals surface area contributed by atoms with E-state index in [0.717, 1.165) is 21.8 Å². The van der Waals surface area contributed by atoms with Crippen LogP contribution in [0.5, 0.6) is 0 Å². The number of hydrogen-bond acceptors (Lipinski definition) is 5. The van der Waals surface area contributed by atoms with Gasteiger partial charge in [0.25, 0.3) is 0 Å². The van der Waals surface area contributed by atoms with Gasteiger partial charge in [0.05, 0.1) is 18.3 Å². The van der Waals surface area contributed by atoms with E-state index < -0.39 is 18.2 Å². The second kappa shape index (κ2) is 13.1. The van der Waals surface area contributed by atoms with Gasteiger partial charge in [-0.05, 0) is 69.9 Å². The second-order valence-electron chi connectivity index (χ2n) is 7.62. The minimum atomic E-state index is -0.783. The van der Waals surface area contributed by atoms with Gasteiger partial charge in [0.1, 0.15) is 0 Å². The lowest BCUT2D eigenvalue weighted by Gasteiger charge is -2.20. The number of aliphatic hydroxyl groups is 2. The summed E-state index contributed by atoms with van der Waals surface area (Å²) in [6.45, 7) is 0. The molecule has 1 aliphatic rings. The molecule has 0 radical (unpaired) electrons. The Morgan fingerprint density at radius 2 is 2.10 bits per heavy atom. The van der Waals surface area contributed by atoms with E-state index in [1.54, 1.807) is 18.4 Å². The number of aliphatic carboxylic acids is 1. The summed E-state index contributed by atoms with van der Waals surface area (Å²) in [7, 11) is 1.69. The molecule has 2 rings (SSSR count). The number of unbranched alkanes of at least 4 members (excludes halogenated alkanes) is 1. The minimum Gasteiger partial charge on any atom is -0.481 e. The molecule has 30 heavy (non-hydrogen) atoms. The molecule has 1 saturated carbocycles. The fourth-order valence-corrected chi connectivity index (χ4v) is 6.00. The first-order chi connectivity index (χ1) is 14.3. The van der Waals surface area contributed by atoms with Crippen LogP contribution >= 0.6 is 43.2 Å². The van der Waals surface area contributed by atoms with E-state index >= 15 is 0 Å². The number of thiophene rings is 1. The highest BCUT2D eigenvalue weighted by Gasteiger charge is 2.39. The van der Waals surface area contributed by atoms with Crippen molar-refractivity contribution < 1.29 is 24.9 Å². The van der Waals surface area contributed by atoms with Gasteiger partial charge in [0.15, 0.2) is 0 Å². The number of ether oxygens (including phenoxy) is 1. The molecule has 1 fully saturated rings. The van der Waals surface area contributed by atoms with Crippen molar-refractivity contribution >= 4 is 49.2 Å². The highest BCUT2D eigenvalue weighted by atomic mass is 79.9. The topological polar surface area (TPSA) is 87.0 Å². The summed E-state index contributed by atoms with van der Waals surface area (Å²) in [5.41, 5.74) is 0. The Bertz CT molecular complexity index is 733. The zero-order valence-electron chi connectivity index (χ0n) is 17.0. The number of carboxylic acid groups (broad SMARTS) is 1. The maximum Gasteiger partial charge on any atom is 0.303 e. The van der Waals surface area contributed by atoms with Crippen LogP contribution in [0.3, 0.4) is 0 Å². The number of methoxy groups -OCH3 is 1. The van der Waals surface area contributed by atoms with Crippen LogP contribution in [0.4, 0.5) is 0 Å². The van der Waals surface area contributed by atoms with Gasteiger partial charge in [0.2, 0.25) is 0 Å². The minimum absolute atomic E-state index is 0.0492. The summed E-state index contributed by atoms with van der Waals surface area (Å²) in [5, 5.41) is 31.5. The third-order valence-corrected chi connectivity index (χ3v) is 9.19. The predicted molar refractivity (Wildman–Crippen MR) is 127 cm³/mol. The molecule has 5 nitrogen and oxygen atoms in total. The van der Waals surface area contributed by atoms with Crippen LogP contribution in [0.2, 0.25) is 0 Å². The predicted octanol–water partition coefficient (Wildman–Crippen LogP) is 5.34. The molecule has 8 heteroatoms. The SMILES string of the molecule is CO[C@H](/C=C/[C@@H]1[C@@H](C/C=C\CCCC(=O)O)[C@@H](O)C[C@H]1O)CCc1scc(Br)c1Br. The number of carbonyl (C=O) groups is 1. The van der Waals surface area contributed by atoms with Crippen molar-refractivity contribution in [3.05, 3.63) is 43.5 Å². The van der Waals surface area contributed by atoms with Gasteiger partial charge >= 0.3 is 5.97 Å². The molecule has 3 N–H and O–H groups in total. The first kappa shape index (κ1) is 25.7. The van der Waals surface area contributed by atoms with Crippen LogP contribution in [-0.4, -0.2) is 46.7 Å². The fourth-order valence-electron chi connectivity index (χ4n) is 3.80. The second-order valence-corrected chi connectivity index (χ2v) is 10.2. The molecule has 5 atom stereocenters. The summed E-state index contributed by atoms with van der Waals surface area (Å²) in [5.74, 6) is -0.953. The van der Waals surface area contributed by atoms with Crippen molar-refractivity contribution in [1.82, 2.24) is 0 Å². The summed E-state index contributed by atoms with van der Waals surface area (Å²) in [6, 6.07) is 0. The van der Waals surface area contributed by atoms with Crippen molar-refractivity contribution in [3.63, 3.8) is 0 Å². The molecule has 0 amide bonds. The normalized spacial score (nSPS) is 25.5. The molecule has 0 bridgehead atoms. The van der Waals surface area contributed by atoms with Gasteiger partial charge in [-0.1, -0.05) is 24.3 Å². The largest absolute Gasteiger partial charge is 0.481 e. The van der Waals surface area contributed by atoms with Crippen molar-refractivity contribution in [2.75, 3.05) is 7.11 Å². The van der Waals surface area contributed by atoms with Crippen LogP contribution in [-0.2, 0) is 16.0 Å². The Labute approximate surface area is 199 Å². The third kappa shape index (κ3) is 7.88. The molecule has 1 aromatic rings. The molecular weight excluding hydrogens is 536 g/mol. The molecule has 0 aliphatic heterocycles. The Balaban J connectivity index is 1.89. The van der Waals surface area contributed by atoms with Crippen LogP contribution in [0.25, 0.3) is 0 Å². The van der Waals surface area contributed by atoms with Crippen LogP contribution in [0.15, 0.2) is 38.6 Å². The molecule has 1 aliphatic carbocycles. The number of aryl methyl sites for hydroxylation is 1. The molecule has 168 valence electrons. The number of carboxylic acids is 1. The van der Waals surface area contributed by atoms with E-state index in [9.17, 15) is 15.0 Å². The fraction of sp³-hybridized carbons (Fsp3) is 0.591. The number of hydrogen-bond donors (Lipinski definition) is 3. The average molecular weight is 566 g/mol. The Kier molecular flexibility index (Phi) is 11.3. The van der Waals surface area contributed by atoms with Crippen LogP contribution < -0.4 is 0 Å². The highest BCUT2D eigenvalue weighted by Crippen LogP contribution is 2.37. The maximum absolute atomic E-state index is 10.6. The molecule has 1 aromatic heterocycles. The molecule has 0 saturated heterocycles. The van der Waals surface area contributed by atoms with Crippen molar-refractivity contribution in [2.45, 2.75) is 63.3 Å². The first-order valence-corrected chi connectivity index (χ1v) is 12.7. The summed E-state index contributed by atoms with van der Waals surface area (Å²) >= 11 is 8.81. The number of allylic oxidation sites excluding steroid dienone is 2. The Morgan fingerprint density at radius 1 is 1.33 bits per heavy atom. The van der Waals surface area contributed by atoms with E-state index in [-0.39, 0.29) is 24.4 Å². The van der Waals surface area contributed by atoms with E-state index in [2.05, 4.69) is 37.2 Å². The molecule has 1 heterocycles. The van der Waals surface area contributed by atoms with E-state index in [4.69, 9.17) is 9.84 Å². The zero-order chi connectivity index (χ0) is 22.1. The summed E-state index contributed by atoms with van der Waals surface area (Å²) in [4.78, 5) is 11.8. The summed E-state index contributed by atoms with van der Waals surface area (Å²) < 4.78 is 7.76. The Hall–Kier alpha value is -0.510. The molecular formula is C22H30Br2O5S. The monoisotopic (exact) mass is 564 g/mol. The number of rotatable bonds is 12. The number of halogens is 2. The smallest absolute Gasteiger partial charge is 0.303 e. The Morgan fingerprint density at radius 3 is 2.73 bits per heavy atom. The zero-order valence-corrected chi connectivity index (χ0v) is 21.0. The van der Waals surface area contributed by atoms with Crippen molar-refractivity contribution in [2.24, 2.45) is 11.8 Å². The van der Waals surface area contributed by atoms with Crippen molar-refractivity contribution in [1.29, 1.82) is 0 Å². The van der Waals surface area contributed by atoms with E-state index in [1.807, 2.05) is 24.3 Å². The highest BCUT2D eigenvalue weighted by molar-refractivity contribution is 9.13. The maximum atomic E-state index is 10.6. The van der Waals surface area contributed by atoms with Gasteiger partial charge < -0.3 is 20.1 Å². The lowest BCUT2D eigenvalue weighted by molar-refractivity contribution is -0.137. The van der Waals surface area contributed by atoms with Crippen LogP contribution in [0.1, 0.15) is 43.4 Å². The first-order valence-electron chi connectivity index (χ1n) is 10.2. The summed E-state index contributed by atoms with van der Waals surface area (Å²) in [6.07, 6.45) is 11.0. The molecule has 0 aromatic carbocycles. The lowest BCUT2D eigenvalue weighted by atomic mass is 9.89. The number of aliphatic hydroxyl groups excluding tert-OH is 2. The average Bonchev–Trinajstić information content (AvgIpc) is 3.16. The van der Waals surface area contributed by atoms with Crippen LogP contribution in [0, 0.1) is 11.8 Å². The third-order valence-electron chi connectivity index (χ3n) is 5.52. The van der Waals surface area contributed by atoms with Gasteiger partial charge in [-0.2, -0.15) is 0 Å². The van der Waals surface area contributed by atoms with E-state index in [1.165, 1.54) is 4.88 Å². The molecule has 0 unspecified atom stereocenters.